The van der Waals surface area contributed by atoms with Gasteiger partial charge in [0.25, 0.3) is 0 Å². The first-order valence-electron chi connectivity index (χ1n) is 7.27. The molecule has 1 aliphatic carbocycles. The van der Waals surface area contributed by atoms with Crippen molar-refractivity contribution in [2.75, 3.05) is 0 Å². The highest BCUT2D eigenvalue weighted by molar-refractivity contribution is 4.74. The molecule has 0 amide bonds. The highest BCUT2D eigenvalue weighted by atomic mass is 14.3. The Morgan fingerprint density at radius 1 is 1.07 bits per heavy atom. The lowest BCUT2D eigenvalue weighted by molar-refractivity contribution is 0.212. The largest absolute Gasteiger partial charge is 0.0654 e. The van der Waals surface area contributed by atoms with E-state index in [-0.39, 0.29) is 0 Å². The molecule has 1 rings (SSSR count). The highest BCUT2D eigenvalue weighted by Crippen LogP contribution is 2.34. The van der Waals surface area contributed by atoms with Gasteiger partial charge in [0.1, 0.15) is 0 Å². The van der Waals surface area contributed by atoms with Crippen LogP contribution in [0.3, 0.4) is 0 Å². The van der Waals surface area contributed by atoms with Crippen molar-refractivity contribution in [1.82, 2.24) is 0 Å². The third-order valence-corrected chi connectivity index (χ3v) is 4.33. The zero-order chi connectivity index (χ0) is 11.1. The molecule has 0 spiro atoms. The summed E-state index contributed by atoms with van der Waals surface area (Å²) >= 11 is 0. The van der Waals surface area contributed by atoms with Gasteiger partial charge in [0.15, 0.2) is 0 Å². The molecular weight excluding hydrogens is 180 g/mol. The molecule has 90 valence electrons. The summed E-state index contributed by atoms with van der Waals surface area (Å²) in [4.78, 5) is 0. The van der Waals surface area contributed by atoms with E-state index in [1.54, 1.807) is 0 Å². The maximum Gasteiger partial charge on any atom is -0.0383 e. The van der Waals surface area contributed by atoms with Gasteiger partial charge in [0.05, 0.1) is 0 Å². The topological polar surface area (TPSA) is 0 Å². The normalized spacial score (nSPS) is 30.6. The van der Waals surface area contributed by atoms with Gasteiger partial charge < -0.3 is 0 Å². The van der Waals surface area contributed by atoms with Crippen LogP contribution in [0.2, 0.25) is 0 Å². The predicted octanol–water partition coefficient (Wildman–Crippen LogP) is 5.42. The Kier molecular flexibility index (Phi) is 6.36. The fourth-order valence-electron chi connectivity index (χ4n) is 3.40. The highest BCUT2D eigenvalue weighted by Gasteiger charge is 2.22. The second kappa shape index (κ2) is 7.30. The quantitative estimate of drug-likeness (QED) is 0.581. The number of rotatable bonds is 4. The summed E-state index contributed by atoms with van der Waals surface area (Å²) in [6, 6.07) is 0. The standard InChI is InChI=1S/C15H30/c1-4-9-14(5-2)15-11-8-6-7-10-13(3)12-15/h13-15H,4-12H2,1-3H3. The van der Waals surface area contributed by atoms with Crippen molar-refractivity contribution in [3.05, 3.63) is 0 Å². The summed E-state index contributed by atoms with van der Waals surface area (Å²) in [6.45, 7) is 7.20. The lowest BCUT2D eigenvalue weighted by Crippen LogP contribution is -2.19. The summed E-state index contributed by atoms with van der Waals surface area (Å²) in [5, 5.41) is 0. The molecule has 0 aliphatic heterocycles. The van der Waals surface area contributed by atoms with E-state index in [1.807, 2.05) is 0 Å². The zero-order valence-corrected chi connectivity index (χ0v) is 11.1. The monoisotopic (exact) mass is 210 g/mol. The number of hydrogen-bond acceptors (Lipinski definition) is 0. The summed E-state index contributed by atoms with van der Waals surface area (Å²) < 4.78 is 0. The Morgan fingerprint density at radius 2 is 1.80 bits per heavy atom. The Labute approximate surface area is 96.8 Å². The second-order valence-corrected chi connectivity index (χ2v) is 5.70. The van der Waals surface area contributed by atoms with Crippen LogP contribution in [0.25, 0.3) is 0 Å². The maximum atomic E-state index is 2.47. The van der Waals surface area contributed by atoms with Gasteiger partial charge in [-0.1, -0.05) is 72.1 Å². The summed E-state index contributed by atoms with van der Waals surface area (Å²) in [7, 11) is 0. The Hall–Kier alpha value is 0. The Morgan fingerprint density at radius 3 is 2.47 bits per heavy atom. The third-order valence-electron chi connectivity index (χ3n) is 4.33. The minimum Gasteiger partial charge on any atom is -0.0654 e. The molecule has 0 aromatic rings. The minimum atomic E-state index is 0.987. The first kappa shape index (κ1) is 13.1. The van der Waals surface area contributed by atoms with Crippen LogP contribution in [0.5, 0.6) is 0 Å². The SMILES string of the molecule is CCCC(CC)C1CCCCCC(C)C1. The van der Waals surface area contributed by atoms with Crippen LogP contribution in [-0.2, 0) is 0 Å². The van der Waals surface area contributed by atoms with Gasteiger partial charge >= 0.3 is 0 Å². The van der Waals surface area contributed by atoms with Crippen LogP contribution in [0.1, 0.15) is 78.6 Å². The lowest BCUT2D eigenvalue weighted by atomic mass is 9.76. The Balaban J connectivity index is 2.46. The van der Waals surface area contributed by atoms with Gasteiger partial charge in [-0.2, -0.15) is 0 Å². The molecular formula is C15H30. The molecule has 1 fully saturated rings. The number of hydrogen-bond donors (Lipinski definition) is 0. The van der Waals surface area contributed by atoms with Crippen LogP contribution < -0.4 is 0 Å². The molecule has 3 unspecified atom stereocenters. The van der Waals surface area contributed by atoms with Crippen LogP contribution >= 0.6 is 0 Å². The molecule has 0 heterocycles. The second-order valence-electron chi connectivity index (χ2n) is 5.70. The average molecular weight is 210 g/mol. The van der Waals surface area contributed by atoms with Crippen molar-refractivity contribution < 1.29 is 0 Å². The molecule has 0 radical (unpaired) electrons. The molecule has 0 aromatic heterocycles. The lowest BCUT2D eigenvalue weighted by Gasteiger charge is -2.30. The molecule has 0 N–H and O–H groups in total. The average Bonchev–Trinajstić information content (AvgIpc) is 2.20. The molecule has 0 bridgehead atoms. The van der Waals surface area contributed by atoms with Gasteiger partial charge in [0.2, 0.25) is 0 Å². The molecule has 0 heteroatoms. The van der Waals surface area contributed by atoms with Crippen molar-refractivity contribution in [1.29, 1.82) is 0 Å². The first-order valence-corrected chi connectivity index (χ1v) is 7.27. The molecule has 0 saturated heterocycles. The van der Waals surface area contributed by atoms with E-state index in [4.69, 9.17) is 0 Å². The smallest absolute Gasteiger partial charge is 0.0383 e. The van der Waals surface area contributed by atoms with E-state index in [0.717, 1.165) is 17.8 Å². The van der Waals surface area contributed by atoms with Gasteiger partial charge in [-0.05, 0) is 24.2 Å². The van der Waals surface area contributed by atoms with Gasteiger partial charge in [0, 0.05) is 0 Å². The van der Waals surface area contributed by atoms with E-state index in [9.17, 15) is 0 Å². The molecule has 0 aromatic carbocycles. The first-order chi connectivity index (χ1) is 7.27. The molecule has 1 saturated carbocycles. The van der Waals surface area contributed by atoms with Gasteiger partial charge in [-0.3, -0.25) is 0 Å². The van der Waals surface area contributed by atoms with Crippen LogP contribution in [0.4, 0.5) is 0 Å². The van der Waals surface area contributed by atoms with E-state index in [1.165, 1.54) is 57.8 Å². The molecule has 0 nitrogen and oxygen atoms in total. The molecule has 15 heavy (non-hydrogen) atoms. The van der Waals surface area contributed by atoms with Crippen molar-refractivity contribution in [2.24, 2.45) is 17.8 Å². The predicted molar refractivity (Wildman–Crippen MR) is 69.0 cm³/mol. The van der Waals surface area contributed by atoms with E-state index in [2.05, 4.69) is 20.8 Å². The van der Waals surface area contributed by atoms with E-state index in [0.29, 0.717) is 0 Å². The maximum absolute atomic E-state index is 2.47. The van der Waals surface area contributed by atoms with Crippen molar-refractivity contribution >= 4 is 0 Å². The van der Waals surface area contributed by atoms with E-state index < -0.39 is 0 Å². The van der Waals surface area contributed by atoms with E-state index >= 15 is 0 Å². The Bertz CT molecular complexity index is 150. The third kappa shape index (κ3) is 4.57. The van der Waals surface area contributed by atoms with Crippen molar-refractivity contribution in [3.63, 3.8) is 0 Å². The summed E-state index contributed by atoms with van der Waals surface area (Å²) in [5.41, 5.74) is 0. The van der Waals surface area contributed by atoms with Crippen LogP contribution in [-0.4, -0.2) is 0 Å². The van der Waals surface area contributed by atoms with Crippen molar-refractivity contribution in [2.45, 2.75) is 78.6 Å². The zero-order valence-electron chi connectivity index (χ0n) is 11.1. The van der Waals surface area contributed by atoms with Gasteiger partial charge in [-0.15, -0.1) is 0 Å². The fourth-order valence-corrected chi connectivity index (χ4v) is 3.40. The fraction of sp³-hybridized carbons (Fsp3) is 1.00. The van der Waals surface area contributed by atoms with Crippen molar-refractivity contribution in [3.8, 4) is 0 Å². The van der Waals surface area contributed by atoms with Crippen LogP contribution in [0.15, 0.2) is 0 Å². The molecule has 1 aliphatic rings. The summed E-state index contributed by atoms with van der Waals surface area (Å²) in [5.74, 6) is 3.06. The van der Waals surface area contributed by atoms with Gasteiger partial charge in [-0.25, -0.2) is 0 Å². The van der Waals surface area contributed by atoms with Crippen LogP contribution in [0, 0.1) is 17.8 Å². The molecule has 3 atom stereocenters. The summed E-state index contributed by atoms with van der Waals surface area (Å²) in [6.07, 6.45) is 13.2. The minimum absolute atomic E-state index is 0.987.